The molecule has 0 bridgehead atoms. The van der Waals surface area contributed by atoms with Crippen LogP contribution in [0.1, 0.15) is 48.5 Å². The number of hydrogen-bond donors (Lipinski definition) is 0. The number of rotatable bonds is 6. The third-order valence-corrected chi connectivity index (χ3v) is 3.72. The van der Waals surface area contributed by atoms with E-state index in [1.807, 2.05) is 0 Å². The zero-order valence-electron chi connectivity index (χ0n) is 14.4. The molecular weight excluding hydrogens is 352 g/mol. The Hall–Kier alpha value is -0.910. The van der Waals surface area contributed by atoms with Gasteiger partial charge in [0.15, 0.2) is 0 Å². The first-order valence-electron chi connectivity index (χ1n) is 7.28. The molecule has 0 spiro atoms. The second-order valence-corrected chi connectivity index (χ2v) is 8.66. The van der Waals surface area contributed by atoms with E-state index in [9.17, 15) is 14.4 Å². The summed E-state index contributed by atoms with van der Waals surface area (Å²) in [6.45, 7) is 12.2. The summed E-state index contributed by atoms with van der Waals surface area (Å²) in [6, 6.07) is 0. The SMILES string of the molecule is C[C@H](C=O)[C@H](OC(=O)C(C)(C)C)[C@@H](Br)COC(=O)C(C)(C)C. The second kappa shape index (κ2) is 8.09. The van der Waals surface area contributed by atoms with Gasteiger partial charge in [-0.2, -0.15) is 0 Å². The van der Waals surface area contributed by atoms with Crippen molar-refractivity contribution in [2.75, 3.05) is 6.61 Å². The van der Waals surface area contributed by atoms with Gasteiger partial charge in [0, 0.05) is 0 Å². The highest BCUT2D eigenvalue weighted by atomic mass is 79.9. The van der Waals surface area contributed by atoms with Crippen LogP contribution in [-0.4, -0.2) is 35.8 Å². The third kappa shape index (κ3) is 6.90. The molecule has 0 aliphatic heterocycles. The molecule has 128 valence electrons. The Morgan fingerprint density at radius 1 is 1.05 bits per heavy atom. The lowest BCUT2D eigenvalue weighted by atomic mass is 9.96. The summed E-state index contributed by atoms with van der Waals surface area (Å²) < 4.78 is 10.7. The van der Waals surface area contributed by atoms with Crippen molar-refractivity contribution in [3.05, 3.63) is 0 Å². The van der Waals surface area contributed by atoms with E-state index in [0.717, 1.165) is 6.29 Å². The molecule has 0 saturated heterocycles. The first-order chi connectivity index (χ1) is 9.80. The summed E-state index contributed by atoms with van der Waals surface area (Å²) in [5.74, 6) is -1.27. The topological polar surface area (TPSA) is 69.7 Å². The van der Waals surface area contributed by atoms with Crippen molar-refractivity contribution in [1.82, 2.24) is 0 Å². The molecule has 0 aliphatic rings. The van der Waals surface area contributed by atoms with Gasteiger partial charge in [-0.25, -0.2) is 0 Å². The standard InChI is InChI=1S/C16H27BrO5/c1-10(8-18)12(22-14(20)16(5,6)7)11(17)9-21-13(19)15(2,3)4/h8,10-12H,9H2,1-7H3/t10-,11+,12+/m1/s1. The maximum atomic E-state index is 12.0. The second-order valence-electron chi connectivity index (χ2n) is 7.48. The molecule has 6 heteroatoms. The zero-order chi connectivity index (χ0) is 17.7. The van der Waals surface area contributed by atoms with Crippen molar-refractivity contribution < 1.29 is 23.9 Å². The zero-order valence-corrected chi connectivity index (χ0v) is 16.0. The van der Waals surface area contributed by atoms with E-state index >= 15 is 0 Å². The fourth-order valence-electron chi connectivity index (χ4n) is 1.35. The van der Waals surface area contributed by atoms with Gasteiger partial charge in [-0.15, -0.1) is 0 Å². The largest absolute Gasteiger partial charge is 0.464 e. The van der Waals surface area contributed by atoms with Crippen molar-refractivity contribution in [2.24, 2.45) is 16.7 Å². The highest BCUT2D eigenvalue weighted by Crippen LogP contribution is 2.24. The Morgan fingerprint density at radius 3 is 1.86 bits per heavy atom. The molecule has 0 aromatic carbocycles. The lowest BCUT2D eigenvalue weighted by Crippen LogP contribution is -2.40. The first kappa shape index (κ1) is 21.1. The van der Waals surface area contributed by atoms with Gasteiger partial charge < -0.3 is 14.3 Å². The number of carbonyl (C=O) groups is 3. The molecule has 0 fully saturated rings. The van der Waals surface area contributed by atoms with Crippen LogP contribution in [0.15, 0.2) is 0 Å². The summed E-state index contributed by atoms with van der Waals surface area (Å²) in [7, 11) is 0. The Kier molecular flexibility index (Phi) is 7.75. The van der Waals surface area contributed by atoms with Crippen LogP contribution in [0, 0.1) is 16.7 Å². The fraction of sp³-hybridized carbons (Fsp3) is 0.812. The van der Waals surface area contributed by atoms with Crippen molar-refractivity contribution in [2.45, 2.75) is 59.4 Å². The molecule has 22 heavy (non-hydrogen) atoms. The van der Waals surface area contributed by atoms with E-state index in [1.165, 1.54) is 0 Å². The van der Waals surface area contributed by atoms with E-state index in [4.69, 9.17) is 9.47 Å². The monoisotopic (exact) mass is 378 g/mol. The van der Waals surface area contributed by atoms with Crippen molar-refractivity contribution >= 4 is 34.2 Å². The van der Waals surface area contributed by atoms with E-state index in [2.05, 4.69) is 15.9 Å². The maximum Gasteiger partial charge on any atom is 0.311 e. The third-order valence-electron chi connectivity index (χ3n) is 2.93. The van der Waals surface area contributed by atoms with Gasteiger partial charge in [-0.05, 0) is 41.5 Å². The Morgan fingerprint density at radius 2 is 1.50 bits per heavy atom. The van der Waals surface area contributed by atoms with Crippen LogP contribution in [0.2, 0.25) is 0 Å². The Bertz CT molecular complexity index is 406. The summed E-state index contributed by atoms with van der Waals surface area (Å²) in [5, 5.41) is 0. The predicted molar refractivity (Wildman–Crippen MR) is 87.7 cm³/mol. The lowest BCUT2D eigenvalue weighted by Gasteiger charge is -2.29. The molecule has 0 N–H and O–H groups in total. The smallest absolute Gasteiger partial charge is 0.311 e. The first-order valence-corrected chi connectivity index (χ1v) is 8.20. The number of halogens is 1. The van der Waals surface area contributed by atoms with Gasteiger partial charge in [0.2, 0.25) is 0 Å². The van der Waals surface area contributed by atoms with Gasteiger partial charge in [0.25, 0.3) is 0 Å². The van der Waals surface area contributed by atoms with E-state index in [0.29, 0.717) is 0 Å². The van der Waals surface area contributed by atoms with Crippen molar-refractivity contribution in [3.8, 4) is 0 Å². The lowest BCUT2D eigenvalue weighted by molar-refractivity contribution is -0.163. The van der Waals surface area contributed by atoms with Crippen LogP contribution in [0.25, 0.3) is 0 Å². The molecule has 0 radical (unpaired) electrons. The number of hydrogen-bond acceptors (Lipinski definition) is 5. The summed E-state index contributed by atoms with van der Waals surface area (Å²) >= 11 is 3.36. The minimum Gasteiger partial charge on any atom is -0.464 e. The van der Waals surface area contributed by atoms with Crippen LogP contribution in [0.3, 0.4) is 0 Å². The minimum absolute atomic E-state index is 0.0242. The molecular formula is C16H27BrO5. The summed E-state index contributed by atoms with van der Waals surface area (Å²) in [4.78, 5) is 34.4. The molecule has 5 nitrogen and oxygen atoms in total. The molecule has 0 aromatic rings. The van der Waals surface area contributed by atoms with Crippen LogP contribution < -0.4 is 0 Å². The number of ether oxygens (including phenoxy) is 2. The summed E-state index contributed by atoms with van der Waals surface area (Å²) in [5.41, 5.74) is -1.28. The van der Waals surface area contributed by atoms with E-state index < -0.39 is 33.6 Å². The number of carbonyl (C=O) groups excluding carboxylic acids is 3. The molecule has 0 aromatic heterocycles. The van der Waals surface area contributed by atoms with Crippen LogP contribution >= 0.6 is 15.9 Å². The number of aldehydes is 1. The molecule has 0 heterocycles. The molecule has 3 atom stereocenters. The van der Waals surface area contributed by atoms with Crippen molar-refractivity contribution in [1.29, 1.82) is 0 Å². The molecule has 0 aliphatic carbocycles. The van der Waals surface area contributed by atoms with Crippen LogP contribution in [0.5, 0.6) is 0 Å². The highest BCUT2D eigenvalue weighted by molar-refractivity contribution is 9.09. The molecule has 0 rings (SSSR count). The molecule has 0 amide bonds. The van der Waals surface area contributed by atoms with Crippen molar-refractivity contribution in [3.63, 3.8) is 0 Å². The number of esters is 2. The Labute approximate surface area is 141 Å². The van der Waals surface area contributed by atoms with Gasteiger partial charge in [-0.3, -0.25) is 9.59 Å². The fourth-order valence-corrected chi connectivity index (χ4v) is 2.08. The van der Waals surface area contributed by atoms with Gasteiger partial charge in [0.05, 0.1) is 21.6 Å². The minimum atomic E-state index is -0.697. The van der Waals surface area contributed by atoms with Gasteiger partial charge in [-0.1, -0.05) is 22.9 Å². The van der Waals surface area contributed by atoms with Crippen LogP contribution in [-0.2, 0) is 23.9 Å². The average Bonchev–Trinajstić information content (AvgIpc) is 2.38. The molecule has 0 unspecified atom stereocenters. The normalized spacial score (nSPS) is 16.4. The highest BCUT2D eigenvalue weighted by Gasteiger charge is 2.34. The molecule has 0 saturated carbocycles. The maximum absolute atomic E-state index is 12.0. The van der Waals surface area contributed by atoms with E-state index in [-0.39, 0.29) is 12.6 Å². The predicted octanol–water partition coefficient (Wildman–Crippen LogP) is 3.13. The quantitative estimate of drug-likeness (QED) is 0.403. The average molecular weight is 379 g/mol. The van der Waals surface area contributed by atoms with Crippen LogP contribution in [0.4, 0.5) is 0 Å². The van der Waals surface area contributed by atoms with Gasteiger partial charge >= 0.3 is 11.9 Å². The number of alkyl halides is 1. The Balaban J connectivity index is 4.87. The van der Waals surface area contributed by atoms with Gasteiger partial charge in [0.1, 0.15) is 19.0 Å². The summed E-state index contributed by atoms with van der Waals surface area (Å²) in [6.07, 6.45) is 0.0254. The van der Waals surface area contributed by atoms with E-state index in [1.54, 1.807) is 48.5 Å².